The molecular formula is C35H29F2N3O7S. The first kappa shape index (κ1) is 31.3. The first-order valence-corrected chi connectivity index (χ1v) is 16.8. The Labute approximate surface area is 273 Å². The van der Waals surface area contributed by atoms with Gasteiger partial charge in [0.15, 0.2) is 11.4 Å². The highest BCUT2D eigenvalue weighted by molar-refractivity contribution is 7.92. The summed E-state index contributed by atoms with van der Waals surface area (Å²) < 4.78 is 80.1. The average Bonchev–Trinajstić information content (AvgIpc) is 3.83. The average molecular weight is 674 g/mol. The van der Waals surface area contributed by atoms with Crippen LogP contribution in [-0.2, 0) is 14.8 Å². The molecule has 6 aromatic rings. The van der Waals surface area contributed by atoms with Crippen LogP contribution in [0, 0.1) is 11.6 Å². The molecule has 0 aliphatic carbocycles. The number of carbonyl (C=O) groups is 1. The van der Waals surface area contributed by atoms with Crippen molar-refractivity contribution in [2.24, 2.45) is 0 Å². The summed E-state index contributed by atoms with van der Waals surface area (Å²) in [4.78, 5) is 17.8. The number of methoxy groups -OCH3 is 1. The summed E-state index contributed by atoms with van der Waals surface area (Å²) in [5, 5.41) is 3.04. The molecule has 1 fully saturated rings. The normalized spacial score (nSPS) is 14.9. The Hall–Kier alpha value is -5.27. The quantitative estimate of drug-likeness (QED) is 0.188. The number of benzene rings is 4. The molecule has 1 aliphatic rings. The van der Waals surface area contributed by atoms with E-state index in [0.717, 1.165) is 6.26 Å². The van der Waals surface area contributed by atoms with Crippen LogP contribution >= 0.6 is 0 Å². The van der Waals surface area contributed by atoms with Crippen molar-refractivity contribution in [3.05, 3.63) is 90.0 Å². The summed E-state index contributed by atoms with van der Waals surface area (Å²) in [6.45, 7) is 0.556. The number of halogens is 2. The number of fused-ring (bicyclic) bond motifs is 2. The lowest BCUT2D eigenvalue weighted by molar-refractivity contribution is 0.0964. The van der Waals surface area contributed by atoms with E-state index in [-0.39, 0.29) is 46.2 Å². The Balaban J connectivity index is 1.52. The fourth-order valence-corrected chi connectivity index (χ4v) is 7.34. The van der Waals surface area contributed by atoms with Crippen molar-refractivity contribution in [1.29, 1.82) is 0 Å². The first-order valence-electron chi connectivity index (χ1n) is 15.0. The minimum Gasteiger partial charge on any atom is -0.496 e. The van der Waals surface area contributed by atoms with Crippen molar-refractivity contribution in [3.8, 4) is 39.7 Å². The molecule has 0 saturated carbocycles. The molecule has 1 atom stereocenters. The number of para-hydroxylation sites is 1. The summed E-state index contributed by atoms with van der Waals surface area (Å²) in [6, 6.07) is 17.8. The second-order valence-corrected chi connectivity index (χ2v) is 13.2. The number of anilines is 1. The van der Waals surface area contributed by atoms with Crippen molar-refractivity contribution in [2.45, 2.75) is 12.5 Å². The maximum atomic E-state index is 14.6. The van der Waals surface area contributed by atoms with Gasteiger partial charge in [0.25, 0.3) is 5.91 Å². The molecule has 2 aromatic heterocycles. The van der Waals surface area contributed by atoms with Crippen molar-refractivity contribution >= 4 is 43.7 Å². The summed E-state index contributed by atoms with van der Waals surface area (Å²) in [5.41, 5.74) is 2.79. The molecule has 1 unspecified atom stereocenters. The Morgan fingerprint density at radius 2 is 1.75 bits per heavy atom. The van der Waals surface area contributed by atoms with E-state index in [9.17, 15) is 22.0 Å². The monoisotopic (exact) mass is 673 g/mol. The van der Waals surface area contributed by atoms with E-state index in [1.165, 1.54) is 54.9 Å². The topological polar surface area (TPSA) is 124 Å². The Morgan fingerprint density at radius 3 is 2.42 bits per heavy atom. The van der Waals surface area contributed by atoms with Crippen LogP contribution in [0.1, 0.15) is 16.8 Å². The number of amides is 1. The van der Waals surface area contributed by atoms with Gasteiger partial charge in [-0.1, -0.05) is 12.1 Å². The van der Waals surface area contributed by atoms with E-state index < -0.39 is 33.6 Å². The van der Waals surface area contributed by atoms with Crippen LogP contribution in [0.15, 0.2) is 81.6 Å². The fraction of sp³-hybridized carbons (Fsp3) is 0.200. The van der Waals surface area contributed by atoms with Gasteiger partial charge in [-0.2, -0.15) is 0 Å². The second-order valence-electron chi connectivity index (χ2n) is 11.4. The molecule has 0 bridgehead atoms. The zero-order valence-corrected chi connectivity index (χ0v) is 26.9. The van der Waals surface area contributed by atoms with E-state index in [1.54, 1.807) is 36.4 Å². The molecular weight excluding hydrogens is 644 g/mol. The number of ether oxygens (including phenoxy) is 2. The SMILES string of the molecule is CNC(=O)c1c(-c2ccc(F)cc2)oc2cc(N(C3CCOC3)S(C)(=O)=O)c(-c3ccc(OC)c(-c4nc5c(F)cccc5o4)c3)cc12. The third-order valence-corrected chi connectivity index (χ3v) is 9.52. The highest BCUT2D eigenvalue weighted by Crippen LogP contribution is 2.44. The van der Waals surface area contributed by atoms with Crippen LogP contribution in [0.2, 0.25) is 0 Å². The van der Waals surface area contributed by atoms with Crippen LogP contribution in [0.5, 0.6) is 5.75 Å². The largest absolute Gasteiger partial charge is 0.496 e. The molecule has 7 rings (SSSR count). The van der Waals surface area contributed by atoms with Gasteiger partial charge in [-0.15, -0.1) is 0 Å². The van der Waals surface area contributed by atoms with Gasteiger partial charge in [0, 0.05) is 36.2 Å². The number of rotatable bonds is 8. The number of hydrogen-bond acceptors (Lipinski definition) is 8. The highest BCUT2D eigenvalue weighted by atomic mass is 32.2. The maximum Gasteiger partial charge on any atom is 0.255 e. The zero-order chi connectivity index (χ0) is 33.7. The second kappa shape index (κ2) is 12.1. The van der Waals surface area contributed by atoms with Gasteiger partial charge in [0.2, 0.25) is 15.9 Å². The molecule has 246 valence electrons. The number of furan rings is 1. The maximum absolute atomic E-state index is 14.6. The third-order valence-electron chi connectivity index (χ3n) is 8.31. The number of nitrogens with one attached hydrogen (secondary N) is 1. The van der Waals surface area contributed by atoms with Gasteiger partial charge in [-0.3, -0.25) is 9.10 Å². The Kier molecular flexibility index (Phi) is 7.88. The van der Waals surface area contributed by atoms with Crippen molar-refractivity contribution < 1.29 is 40.3 Å². The summed E-state index contributed by atoms with van der Waals surface area (Å²) >= 11 is 0. The van der Waals surface area contributed by atoms with E-state index >= 15 is 0 Å². The van der Waals surface area contributed by atoms with Crippen LogP contribution in [0.4, 0.5) is 14.5 Å². The van der Waals surface area contributed by atoms with E-state index in [1.807, 2.05) is 0 Å². The lowest BCUT2D eigenvalue weighted by Crippen LogP contribution is -2.40. The number of carbonyl (C=O) groups excluding carboxylic acids is 1. The summed E-state index contributed by atoms with van der Waals surface area (Å²) in [5.74, 6) is -0.808. The Bertz CT molecular complexity index is 2310. The number of sulfonamides is 1. The van der Waals surface area contributed by atoms with Gasteiger partial charge in [0.05, 0.1) is 42.8 Å². The van der Waals surface area contributed by atoms with Crippen molar-refractivity contribution in [1.82, 2.24) is 10.3 Å². The van der Waals surface area contributed by atoms with Crippen LogP contribution in [0.25, 0.3) is 56.0 Å². The van der Waals surface area contributed by atoms with Crippen molar-refractivity contribution in [3.63, 3.8) is 0 Å². The molecule has 0 radical (unpaired) electrons. The molecule has 10 nitrogen and oxygen atoms in total. The smallest absolute Gasteiger partial charge is 0.255 e. The number of hydrogen-bond donors (Lipinski definition) is 1. The van der Waals surface area contributed by atoms with Gasteiger partial charge in [-0.05, 0) is 66.6 Å². The zero-order valence-electron chi connectivity index (χ0n) is 26.0. The molecule has 3 heterocycles. The number of oxazole rings is 1. The van der Waals surface area contributed by atoms with Gasteiger partial charge in [0.1, 0.15) is 28.4 Å². The number of aromatic nitrogens is 1. The molecule has 0 spiro atoms. The lowest BCUT2D eigenvalue weighted by atomic mass is 9.96. The summed E-state index contributed by atoms with van der Waals surface area (Å²) in [7, 11) is -0.929. The minimum absolute atomic E-state index is 0.0495. The van der Waals surface area contributed by atoms with E-state index in [0.29, 0.717) is 46.4 Å². The van der Waals surface area contributed by atoms with Crippen LogP contribution in [-0.4, -0.2) is 59.0 Å². The lowest BCUT2D eigenvalue weighted by Gasteiger charge is -2.30. The van der Waals surface area contributed by atoms with E-state index in [4.69, 9.17) is 18.3 Å². The van der Waals surface area contributed by atoms with Gasteiger partial charge in [-0.25, -0.2) is 22.2 Å². The number of nitrogens with zero attached hydrogens (tertiary/aromatic N) is 2. The summed E-state index contributed by atoms with van der Waals surface area (Å²) in [6.07, 6.45) is 1.57. The fourth-order valence-electron chi connectivity index (χ4n) is 6.13. The van der Waals surface area contributed by atoms with Gasteiger partial charge < -0.3 is 23.6 Å². The molecule has 13 heteroatoms. The third kappa shape index (κ3) is 5.44. The van der Waals surface area contributed by atoms with Crippen LogP contribution < -0.4 is 14.4 Å². The molecule has 1 N–H and O–H groups in total. The standard InChI is InChI=1S/C35H29F2N3O7S/c1-38-34(41)31-24-16-23(20-9-12-28(44-2)25(15-20)35-39-32-26(37)5-4-6-29(32)47-35)27(40(48(3,42)43)22-13-14-45-18-22)17-30(24)46-33(31)19-7-10-21(36)11-8-19/h4-12,15-17,22H,13-14,18H2,1-3H3,(H,38,41). The van der Waals surface area contributed by atoms with Gasteiger partial charge >= 0.3 is 0 Å². The molecule has 48 heavy (non-hydrogen) atoms. The van der Waals surface area contributed by atoms with E-state index in [2.05, 4.69) is 10.3 Å². The molecule has 1 aliphatic heterocycles. The van der Waals surface area contributed by atoms with Crippen LogP contribution in [0.3, 0.4) is 0 Å². The predicted octanol–water partition coefficient (Wildman–Crippen LogP) is 6.78. The Morgan fingerprint density at radius 1 is 0.979 bits per heavy atom. The molecule has 4 aromatic carbocycles. The molecule has 1 saturated heterocycles. The predicted molar refractivity (Wildman–Crippen MR) is 176 cm³/mol. The molecule has 1 amide bonds. The highest BCUT2D eigenvalue weighted by Gasteiger charge is 2.34. The van der Waals surface area contributed by atoms with Crippen molar-refractivity contribution in [2.75, 3.05) is 37.9 Å². The first-order chi connectivity index (χ1) is 23.1. The minimum atomic E-state index is -3.89.